The van der Waals surface area contributed by atoms with Gasteiger partial charge in [0.15, 0.2) is 5.78 Å². The number of allylic oxidation sites excluding steroid dienone is 4. The lowest BCUT2D eigenvalue weighted by atomic mass is 9.71. The van der Waals surface area contributed by atoms with E-state index in [0.717, 1.165) is 12.8 Å². The van der Waals surface area contributed by atoms with E-state index in [1.165, 1.54) is 59.1 Å². The van der Waals surface area contributed by atoms with Crippen molar-refractivity contribution in [1.29, 1.82) is 0 Å². The first-order valence-corrected chi connectivity index (χ1v) is 14.5. The third-order valence-corrected chi connectivity index (χ3v) is 6.37. The quantitative estimate of drug-likeness (QED) is 0.292. The van der Waals surface area contributed by atoms with Crippen LogP contribution in [0, 0.1) is 20.8 Å². The van der Waals surface area contributed by atoms with Gasteiger partial charge in [-0.2, -0.15) is 0 Å². The molecule has 0 spiro atoms. The molecule has 3 rings (SSSR count). The van der Waals surface area contributed by atoms with E-state index < -0.39 is 0 Å². The van der Waals surface area contributed by atoms with E-state index in [1.807, 2.05) is 26.0 Å². The van der Waals surface area contributed by atoms with E-state index in [1.54, 1.807) is 24.1 Å². The van der Waals surface area contributed by atoms with Gasteiger partial charge in [0.05, 0.1) is 0 Å². The van der Waals surface area contributed by atoms with Gasteiger partial charge in [0, 0.05) is 0 Å². The minimum Gasteiger partial charge on any atom is -0.295 e. The maximum Gasteiger partial charge on any atom is 0.152 e. The van der Waals surface area contributed by atoms with Crippen LogP contribution in [-0.4, -0.2) is 5.78 Å². The molecule has 0 unspecified atom stereocenters. The van der Waals surface area contributed by atoms with E-state index in [-0.39, 0.29) is 5.78 Å². The van der Waals surface area contributed by atoms with Gasteiger partial charge in [0.25, 0.3) is 0 Å². The van der Waals surface area contributed by atoms with Crippen LogP contribution in [0.25, 0.3) is 0 Å². The fourth-order valence-corrected chi connectivity index (χ4v) is 4.77. The third-order valence-electron chi connectivity index (χ3n) is 6.37. The molecule has 0 aliphatic heterocycles. The molecule has 0 saturated carbocycles. The number of hydrogen-bond donors (Lipinski definition) is 0. The molecule has 1 aliphatic carbocycles. The number of carbonyl (C=O) groups excluding carboxylic acids is 1. The third kappa shape index (κ3) is 13.1. The molecule has 0 saturated heterocycles. The number of hydrogen-bond acceptors (Lipinski definition) is 1. The van der Waals surface area contributed by atoms with Crippen LogP contribution >= 0.6 is 0 Å². The fourth-order valence-electron chi connectivity index (χ4n) is 4.77. The summed E-state index contributed by atoms with van der Waals surface area (Å²) < 4.78 is 0. The van der Waals surface area contributed by atoms with Crippen LogP contribution < -0.4 is 0 Å². The molecule has 0 fully saturated rings. The second-order valence-corrected chi connectivity index (χ2v) is 10.9. The maximum absolute atomic E-state index is 10.9. The Morgan fingerprint density at radius 2 is 1.46 bits per heavy atom. The molecule has 1 heteroatoms. The van der Waals surface area contributed by atoms with Crippen LogP contribution in [0.2, 0.25) is 0 Å². The topological polar surface area (TPSA) is 17.1 Å². The van der Waals surface area contributed by atoms with Crippen molar-refractivity contribution in [2.45, 2.75) is 127 Å². The molecular weight excluding hydrogens is 448 g/mol. The Balaban J connectivity index is 0.000000717. The molecule has 0 atom stereocenters. The highest BCUT2D eigenvalue weighted by atomic mass is 16.1. The largest absolute Gasteiger partial charge is 0.295 e. The Bertz CT molecular complexity index is 997. The highest BCUT2D eigenvalue weighted by molar-refractivity contribution is 5.87. The van der Waals surface area contributed by atoms with Gasteiger partial charge in [-0.1, -0.05) is 114 Å². The summed E-state index contributed by atoms with van der Waals surface area (Å²) in [6.07, 6.45) is 12.7. The summed E-state index contributed by atoms with van der Waals surface area (Å²) in [6.45, 7) is 25.4. The molecular formula is C36H56O. The summed E-state index contributed by atoms with van der Waals surface area (Å²) in [7, 11) is 0. The number of benzene rings is 2. The Morgan fingerprint density at radius 1 is 0.892 bits per heavy atom. The number of aryl methyl sites for hydroxylation is 4. The van der Waals surface area contributed by atoms with Crippen molar-refractivity contribution >= 4 is 5.78 Å². The van der Waals surface area contributed by atoms with Crippen LogP contribution in [0.4, 0.5) is 0 Å². The van der Waals surface area contributed by atoms with E-state index in [0.29, 0.717) is 5.41 Å². The lowest BCUT2D eigenvalue weighted by Crippen LogP contribution is -2.24. The molecule has 2 aromatic carbocycles. The maximum atomic E-state index is 10.9. The van der Waals surface area contributed by atoms with Crippen LogP contribution in [0.1, 0.15) is 121 Å². The van der Waals surface area contributed by atoms with E-state index >= 15 is 0 Å². The highest BCUT2D eigenvalue weighted by Gasteiger charge is 2.28. The molecule has 0 radical (unpaired) electrons. The first-order chi connectivity index (χ1) is 17.4. The first-order valence-electron chi connectivity index (χ1n) is 14.5. The average Bonchev–Trinajstić information content (AvgIpc) is 2.81. The smallest absolute Gasteiger partial charge is 0.152 e. The fraction of sp³-hybridized carbons (Fsp3) is 0.528. The van der Waals surface area contributed by atoms with Gasteiger partial charge in [-0.15, -0.1) is 0 Å². The Hall–Kier alpha value is -2.41. The van der Waals surface area contributed by atoms with Crippen LogP contribution in [0.15, 0.2) is 54.1 Å². The molecule has 0 N–H and O–H groups in total. The average molecular weight is 505 g/mol. The minimum atomic E-state index is 0.0930. The normalized spacial score (nSPS) is 13.8. The minimum absolute atomic E-state index is 0.0930. The van der Waals surface area contributed by atoms with Gasteiger partial charge in [0.2, 0.25) is 0 Å². The lowest BCUT2D eigenvalue weighted by molar-refractivity contribution is -0.112. The molecule has 1 aliphatic rings. The summed E-state index contributed by atoms with van der Waals surface area (Å²) in [4.78, 5) is 10.9. The monoisotopic (exact) mass is 504 g/mol. The molecule has 37 heavy (non-hydrogen) atoms. The molecule has 1 nitrogen and oxygen atoms in total. The van der Waals surface area contributed by atoms with Crippen molar-refractivity contribution in [3.63, 3.8) is 0 Å². The van der Waals surface area contributed by atoms with Crippen LogP contribution in [0.5, 0.6) is 0 Å². The zero-order chi connectivity index (χ0) is 28.6. The van der Waals surface area contributed by atoms with E-state index in [2.05, 4.69) is 92.6 Å². The molecule has 2 aromatic rings. The molecule has 0 heterocycles. The van der Waals surface area contributed by atoms with Crippen LogP contribution in [-0.2, 0) is 29.5 Å². The number of rotatable bonds is 5. The zero-order valence-corrected chi connectivity index (χ0v) is 26.3. The number of fused-ring (bicyclic) bond motifs is 1. The molecule has 206 valence electrons. The zero-order valence-electron chi connectivity index (χ0n) is 26.3. The predicted octanol–water partition coefficient (Wildman–Crippen LogP) is 10.6. The molecule has 0 amide bonds. The van der Waals surface area contributed by atoms with Gasteiger partial charge in [-0.25, -0.2) is 0 Å². The first kappa shape index (κ1) is 34.6. The SMILES string of the molecule is CC.CC(=O)/C=C/C=C(\C)Cc1cc(C)c2c(c1)C(C)(C)CCC2.CCC.CCc1cc(C)cc(C)c1. The second kappa shape index (κ2) is 17.9. The second-order valence-electron chi connectivity index (χ2n) is 10.9. The van der Waals surface area contributed by atoms with Gasteiger partial charge in [-0.05, 0) is 106 Å². The molecule has 0 bridgehead atoms. The van der Waals surface area contributed by atoms with Crippen molar-refractivity contribution in [2.24, 2.45) is 0 Å². The van der Waals surface area contributed by atoms with Gasteiger partial charge < -0.3 is 0 Å². The van der Waals surface area contributed by atoms with Crippen molar-refractivity contribution in [2.75, 3.05) is 0 Å². The highest BCUT2D eigenvalue weighted by Crippen LogP contribution is 2.39. The number of carbonyl (C=O) groups is 1. The van der Waals surface area contributed by atoms with E-state index in [4.69, 9.17) is 0 Å². The van der Waals surface area contributed by atoms with Gasteiger partial charge in [0.1, 0.15) is 0 Å². The Morgan fingerprint density at radius 3 is 1.97 bits per heavy atom. The van der Waals surface area contributed by atoms with Crippen LogP contribution in [0.3, 0.4) is 0 Å². The van der Waals surface area contributed by atoms with Gasteiger partial charge >= 0.3 is 0 Å². The van der Waals surface area contributed by atoms with Gasteiger partial charge in [-0.3, -0.25) is 4.79 Å². The summed E-state index contributed by atoms with van der Waals surface area (Å²) in [5.74, 6) is 0.0930. The predicted molar refractivity (Wildman–Crippen MR) is 167 cm³/mol. The van der Waals surface area contributed by atoms with Crippen molar-refractivity contribution in [3.8, 4) is 0 Å². The van der Waals surface area contributed by atoms with Crippen molar-refractivity contribution < 1.29 is 4.79 Å². The summed E-state index contributed by atoms with van der Waals surface area (Å²) in [5.41, 5.74) is 11.7. The Kier molecular flexibility index (Phi) is 16.8. The molecule has 0 aromatic heterocycles. The summed E-state index contributed by atoms with van der Waals surface area (Å²) >= 11 is 0. The lowest BCUT2D eigenvalue weighted by Gasteiger charge is -2.34. The van der Waals surface area contributed by atoms with E-state index in [9.17, 15) is 4.79 Å². The summed E-state index contributed by atoms with van der Waals surface area (Å²) in [6, 6.07) is 11.4. The standard InChI is InChI=1S/C21H28O.C10H14.C3H8.C2H6/c1-15(8-6-9-17(3)22)12-18-13-16(2)19-10-7-11-21(4,5)20(19)14-18;1-4-10-6-8(2)5-9(3)7-10;1-3-2;1-2/h6,8-9,13-14H,7,10-12H2,1-5H3;5-7H,4H2,1-3H3;3H2,1-2H3;1-2H3/b9-6+,15-8+;;;. The number of ketones is 1. The summed E-state index contributed by atoms with van der Waals surface area (Å²) in [5, 5.41) is 0. The van der Waals surface area contributed by atoms with Crippen molar-refractivity contribution in [3.05, 3.63) is 93.1 Å². The van der Waals surface area contributed by atoms with Crippen molar-refractivity contribution in [1.82, 2.24) is 0 Å². The Labute approximate surface area is 230 Å².